The van der Waals surface area contributed by atoms with Gasteiger partial charge in [0.1, 0.15) is 6.17 Å². The zero-order chi connectivity index (χ0) is 19.7. The highest BCUT2D eigenvalue weighted by molar-refractivity contribution is 6.30. The van der Waals surface area contributed by atoms with Gasteiger partial charge in [-0.3, -0.25) is 9.69 Å². The number of hydrogen-bond acceptors (Lipinski definition) is 4. The van der Waals surface area contributed by atoms with Crippen molar-refractivity contribution in [1.29, 1.82) is 0 Å². The zero-order valence-corrected chi connectivity index (χ0v) is 16.2. The van der Waals surface area contributed by atoms with E-state index in [9.17, 15) is 4.79 Å². The number of fused-ring (bicyclic) bond motifs is 1. The van der Waals surface area contributed by atoms with Gasteiger partial charge in [-0.1, -0.05) is 35.9 Å². The number of anilines is 2. The van der Waals surface area contributed by atoms with Crippen molar-refractivity contribution in [3.8, 4) is 11.5 Å². The van der Waals surface area contributed by atoms with Gasteiger partial charge < -0.3 is 14.8 Å². The number of carbonyl (C=O) groups is 1. The quantitative estimate of drug-likeness (QED) is 0.666. The predicted octanol–water partition coefficient (Wildman–Crippen LogP) is 5.13. The molecule has 28 heavy (non-hydrogen) atoms. The second-order valence-electron chi connectivity index (χ2n) is 6.33. The van der Waals surface area contributed by atoms with E-state index in [4.69, 9.17) is 21.1 Å². The Morgan fingerprint density at radius 2 is 1.68 bits per heavy atom. The summed E-state index contributed by atoms with van der Waals surface area (Å²) in [5, 5.41) is 4.08. The first kappa shape index (κ1) is 18.2. The number of nitrogens with one attached hydrogen (secondary N) is 1. The highest BCUT2D eigenvalue weighted by Gasteiger charge is 2.36. The Bertz CT molecular complexity index is 1020. The summed E-state index contributed by atoms with van der Waals surface area (Å²) in [7, 11) is 3.18. The minimum absolute atomic E-state index is 0.105. The van der Waals surface area contributed by atoms with E-state index in [0.717, 1.165) is 16.9 Å². The maximum atomic E-state index is 13.4. The minimum Gasteiger partial charge on any atom is -0.493 e. The van der Waals surface area contributed by atoms with E-state index in [1.165, 1.54) is 0 Å². The Morgan fingerprint density at radius 3 is 2.39 bits per heavy atom. The van der Waals surface area contributed by atoms with E-state index in [-0.39, 0.29) is 5.91 Å². The molecule has 0 fully saturated rings. The molecule has 1 aliphatic heterocycles. The molecule has 3 aromatic carbocycles. The van der Waals surface area contributed by atoms with Crippen LogP contribution in [0.5, 0.6) is 11.5 Å². The average molecular weight is 395 g/mol. The van der Waals surface area contributed by atoms with E-state index >= 15 is 0 Å². The van der Waals surface area contributed by atoms with Crippen LogP contribution in [-0.4, -0.2) is 20.1 Å². The van der Waals surface area contributed by atoms with Crippen LogP contribution in [-0.2, 0) is 0 Å². The van der Waals surface area contributed by atoms with Gasteiger partial charge in [-0.25, -0.2) is 0 Å². The molecular weight excluding hydrogens is 376 g/mol. The SMILES string of the molecule is COc1cccc([C@H]2Nc3ccccc3C(=O)N2c2ccc(Cl)cc2)c1OC. The molecule has 0 aliphatic carbocycles. The first-order chi connectivity index (χ1) is 13.6. The Balaban J connectivity index is 1.91. The standard InChI is InChI=1S/C22H19ClN2O3/c1-27-19-9-5-7-17(20(19)28-2)21-24-18-8-4-3-6-16(18)22(26)25(21)15-12-10-14(23)11-13-15/h3-13,21,24H,1-2H3/t21-/m0/s1. The summed E-state index contributed by atoms with van der Waals surface area (Å²) >= 11 is 6.05. The van der Waals surface area contributed by atoms with Crippen LogP contribution >= 0.6 is 11.6 Å². The molecule has 1 heterocycles. The van der Waals surface area contributed by atoms with Gasteiger partial charge in [0.2, 0.25) is 0 Å². The monoisotopic (exact) mass is 394 g/mol. The summed E-state index contributed by atoms with van der Waals surface area (Å²) in [5.74, 6) is 1.07. The Morgan fingerprint density at radius 1 is 0.929 bits per heavy atom. The Hall–Kier alpha value is -3.18. The third-order valence-corrected chi connectivity index (χ3v) is 5.01. The van der Waals surface area contributed by atoms with Crippen LogP contribution < -0.4 is 19.7 Å². The molecule has 0 aromatic heterocycles. The number of nitrogens with zero attached hydrogens (tertiary/aromatic N) is 1. The third-order valence-electron chi connectivity index (χ3n) is 4.76. The second kappa shape index (κ2) is 7.44. The summed E-state index contributed by atoms with van der Waals surface area (Å²) in [6.07, 6.45) is -0.478. The summed E-state index contributed by atoms with van der Waals surface area (Å²) in [6.45, 7) is 0. The Kier molecular flexibility index (Phi) is 4.84. The molecule has 1 atom stereocenters. The topological polar surface area (TPSA) is 50.8 Å². The molecule has 142 valence electrons. The maximum Gasteiger partial charge on any atom is 0.262 e. The van der Waals surface area contributed by atoms with Gasteiger partial charge in [-0.2, -0.15) is 0 Å². The maximum absolute atomic E-state index is 13.4. The van der Waals surface area contributed by atoms with Crippen molar-refractivity contribution in [2.24, 2.45) is 0 Å². The average Bonchev–Trinajstić information content (AvgIpc) is 2.74. The number of amides is 1. The zero-order valence-electron chi connectivity index (χ0n) is 15.5. The molecule has 1 aliphatic rings. The molecule has 1 N–H and O–H groups in total. The molecule has 0 radical (unpaired) electrons. The fourth-order valence-electron chi connectivity index (χ4n) is 3.47. The first-order valence-electron chi connectivity index (χ1n) is 8.79. The summed E-state index contributed by atoms with van der Waals surface area (Å²) in [4.78, 5) is 15.1. The van der Waals surface area contributed by atoms with Crippen molar-refractivity contribution >= 4 is 28.9 Å². The molecule has 3 aromatic rings. The van der Waals surface area contributed by atoms with Gasteiger partial charge in [0.15, 0.2) is 11.5 Å². The van der Waals surface area contributed by atoms with Crippen molar-refractivity contribution in [3.05, 3.63) is 82.9 Å². The lowest BCUT2D eigenvalue weighted by Gasteiger charge is -2.38. The van der Waals surface area contributed by atoms with Crippen LogP contribution in [0, 0.1) is 0 Å². The van der Waals surface area contributed by atoms with E-state index in [1.807, 2.05) is 54.6 Å². The number of hydrogen-bond donors (Lipinski definition) is 1. The third kappa shape index (κ3) is 3.04. The summed E-state index contributed by atoms with van der Waals surface area (Å²) in [6, 6.07) is 20.3. The fraction of sp³-hybridized carbons (Fsp3) is 0.136. The van der Waals surface area contributed by atoms with Crippen LogP contribution in [0.25, 0.3) is 0 Å². The van der Waals surface area contributed by atoms with Crippen LogP contribution in [0.15, 0.2) is 66.7 Å². The van der Waals surface area contributed by atoms with Crippen molar-refractivity contribution in [3.63, 3.8) is 0 Å². The second-order valence-corrected chi connectivity index (χ2v) is 6.76. The van der Waals surface area contributed by atoms with Crippen LogP contribution in [0.3, 0.4) is 0 Å². The number of methoxy groups -OCH3 is 2. The van der Waals surface area contributed by atoms with Gasteiger partial charge in [-0.15, -0.1) is 0 Å². The smallest absolute Gasteiger partial charge is 0.262 e. The molecule has 1 amide bonds. The number of carbonyl (C=O) groups excluding carboxylic acids is 1. The fourth-order valence-corrected chi connectivity index (χ4v) is 3.59. The number of para-hydroxylation sites is 2. The lowest BCUT2D eigenvalue weighted by molar-refractivity contribution is 0.0974. The van der Waals surface area contributed by atoms with E-state index in [1.54, 1.807) is 31.3 Å². The molecule has 0 saturated carbocycles. The number of rotatable bonds is 4. The van der Waals surface area contributed by atoms with Gasteiger partial charge in [0, 0.05) is 22.0 Å². The normalized spacial score (nSPS) is 15.6. The lowest BCUT2D eigenvalue weighted by atomic mass is 10.0. The van der Waals surface area contributed by atoms with Crippen molar-refractivity contribution in [1.82, 2.24) is 0 Å². The molecule has 0 saturated heterocycles. The number of ether oxygens (including phenoxy) is 2. The first-order valence-corrected chi connectivity index (χ1v) is 9.17. The number of benzene rings is 3. The van der Waals surface area contributed by atoms with Gasteiger partial charge in [0.05, 0.1) is 19.8 Å². The molecule has 0 unspecified atom stereocenters. The van der Waals surface area contributed by atoms with Crippen molar-refractivity contribution in [2.45, 2.75) is 6.17 Å². The largest absolute Gasteiger partial charge is 0.493 e. The summed E-state index contributed by atoms with van der Waals surface area (Å²) < 4.78 is 11.1. The van der Waals surface area contributed by atoms with Crippen LogP contribution in [0.2, 0.25) is 5.02 Å². The van der Waals surface area contributed by atoms with Crippen LogP contribution in [0.1, 0.15) is 22.1 Å². The molecule has 0 spiro atoms. The highest BCUT2D eigenvalue weighted by atomic mass is 35.5. The van der Waals surface area contributed by atoms with Gasteiger partial charge in [-0.05, 0) is 42.5 Å². The molecular formula is C22H19ClN2O3. The van der Waals surface area contributed by atoms with Crippen molar-refractivity contribution in [2.75, 3.05) is 24.4 Å². The van der Waals surface area contributed by atoms with Crippen LogP contribution in [0.4, 0.5) is 11.4 Å². The number of halogens is 1. The lowest BCUT2D eigenvalue weighted by Crippen LogP contribution is -2.43. The Labute approximate surface area is 168 Å². The van der Waals surface area contributed by atoms with E-state index in [2.05, 4.69) is 5.32 Å². The molecule has 0 bridgehead atoms. The summed E-state index contributed by atoms with van der Waals surface area (Å²) in [5.41, 5.74) is 2.90. The highest BCUT2D eigenvalue weighted by Crippen LogP contribution is 2.42. The molecule has 6 heteroatoms. The van der Waals surface area contributed by atoms with Gasteiger partial charge in [0.25, 0.3) is 5.91 Å². The van der Waals surface area contributed by atoms with Crippen molar-refractivity contribution < 1.29 is 14.3 Å². The molecule has 5 nitrogen and oxygen atoms in total. The predicted molar refractivity (Wildman–Crippen MR) is 111 cm³/mol. The van der Waals surface area contributed by atoms with Gasteiger partial charge >= 0.3 is 0 Å². The minimum atomic E-state index is -0.478. The van der Waals surface area contributed by atoms with E-state index in [0.29, 0.717) is 22.1 Å². The van der Waals surface area contributed by atoms with E-state index < -0.39 is 6.17 Å². The molecule has 4 rings (SSSR count).